The lowest BCUT2D eigenvalue weighted by Crippen LogP contribution is -2.74. The lowest BCUT2D eigenvalue weighted by Gasteiger charge is -2.50. The molecule has 152 valence electrons. The molecule has 0 fully saturated rings. The second kappa shape index (κ2) is 8.46. The van der Waals surface area contributed by atoms with Gasteiger partial charge in [0.15, 0.2) is 0 Å². The zero-order valence-electron chi connectivity index (χ0n) is 18.6. The van der Waals surface area contributed by atoms with Crippen molar-refractivity contribution in [1.82, 2.24) is 0 Å². The SMILES string of the molecule is C[Si](C)(C)C([Si](C)(C)C)[Si](Oc1ccccc1)(c1ccccc1)c1ccccc1. The van der Waals surface area contributed by atoms with Gasteiger partial charge in [-0.25, -0.2) is 0 Å². The maximum absolute atomic E-state index is 7.30. The van der Waals surface area contributed by atoms with Gasteiger partial charge in [0.25, 0.3) is 0 Å². The normalized spacial score (nSPS) is 12.8. The molecule has 0 N–H and O–H groups in total. The second-order valence-electron chi connectivity index (χ2n) is 10.0. The summed E-state index contributed by atoms with van der Waals surface area (Å²) in [5.41, 5.74) is 0. The van der Waals surface area contributed by atoms with Gasteiger partial charge in [0.1, 0.15) is 5.75 Å². The highest BCUT2D eigenvalue weighted by Crippen LogP contribution is 2.41. The number of para-hydroxylation sites is 1. The Hall–Kier alpha value is -1.89. The van der Waals surface area contributed by atoms with Crippen molar-refractivity contribution in [2.24, 2.45) is 0 Å². The number of hydrogen-bond acceptors (Lipinski definition) is 1. The zero-order chi connectivity index (χ0) is 21.1. The lowest BCUT2D eigenvalue weighted by molar-refractivity contribution is 0.563. The Bertz CT molecular complexity index is 844. The van der Waals surface area contributed by atoms with E-state index in [4.69, 9.17) is 4.43 Å². The summed E-state index contributed by atoms with van der Waals surface area (Å²) >= 11 is 0. The average molecular weight is 435 g/mol. The van der Waals surface area contributed by atoms with Crippen LogP contribution in [-0.2, 0) is 0 Å². The Kier molecular flexibility index (Phi) is 6.36. The summed E-state index contributed by atoms with van der Waals surface area (Å²) in [6.07, 6.45) is 0. The van der Waals surface area contributed by atoms with Crippen LogP contribution in [0.2, 0.25) is 44.1 Å². The van der Waals surface area contributed by atoms with E-state index < -0.39 is 24.5 Å². The minimum Gasteiger partial charge on any atom is -0.535 e. The summed E-state index contributed by atoms with van der Waals surface area (Å²) in [5.74, 6) is 0.994. The highest BCUT2D eigenvalue weighted by atomic mass is 28.5. The first-order valence-corrected chi connectivity index (χ1v) is 19.6. The smallest absolute Gasteiger partial charge is 0.312 e. The summed E-state index contributed by atoms with van der Waals surface area (Å²) in [6, 6.07) is 32.7. The minimum atomic E-state index is -2.57. The molecule has 3 rings (SSSR count). The van der Waals surface area contributed by atoms with E-state index in [1.165, 1.54) is 10.4 Å². The van der Waals surface area contributed by atoms with Gasteiger partial charge < -0.3 is 4.43 Å². The van der Waals surface area contributed by atoms with Crippen LogP contribution in [0.3, 0.4) is 0 Å². The van der Waals surface area contributed by atoms with Crippen LogP contribution in [0.4, 0.5) is 0 Å². The van der Waals surface area contributed by atoms with Crippen LogP contribution in [0.25, 0.3) is 0 Å². The molecule has 0 atom stereocenters. The Labute approximate surface area is 179 Å². The van der Waals surface area contributed by atoms with E-state index in [1.54, 1.807) is 0 Å². The Morgan fingerprint density at radius 1 is 0.517 bits per heavy atom. The van der Waals surface area contributed by atoms with Crippen LogP contribution in [0.15, 0.2) is 91.0 Å². The molecule has 0 unspecified atom stereocenters. The first kappa shape index (κ1) is 21.8. The minimum absolute atomic E-state index is 0.618. The summed E-state index contributed by atoms with van der Waals surface area (Å²) in [4.78, 5) is 0.618. The zero-order valence-corrected chi connectivity index (χ0v) is 21.6. The van der Waals surface area contributed by atoms with Crippen molar-refractivity contribution < 1.29 is 4.43 Å². The Balaban J connectivity index is 2.39. The summed E-state index contributed by atoms with van der Waals surface area (Å²) < 4.78 is 7.30. The monoisotopic (exact) mass is 434 g/mol. The molecule has 29 heavy (non-hydrogen) atoms. The molecule has 3 aromatic rings. The van der Waals surface area contributed by atoms with Crippen LogP contribution in [-0.4, -0.2) is 24.5 Å². The van der Waals surface area contributed by atoms with Gasteiger partial charge in [-0.3, -0.25) is 0 Å². The molecule has 1 nitrogen and oxygen atoms in total. The summed E-state index contributed by atoms with van der Waals surface area (Å²) in [7, 11) is -5.72. The van der Waals surface area contributed by atoms with E-state index in [0.717, 1.165) is 5.75 Å². The third-order valence-electron chi connectivity index (χ3n) is 5.57. The van der Waals surface area contributed by atoms with Crippen molar-refractivity contribution in [2.75, 3.05) is 0 Å². The number of rotatable bonds is 7. The molecule has 0 aromatic heterocycles. The van der Waals surface area contributed by atoms with Gasteiger partial charge in [0, 0.05) is 16.1 Å². The lowest BCUT2D eigenvalue weighted by atomic mass is 10.3. The van der Waals surface area contributed by atoms with Gasteiger partial charge >= 0.3 is 8.32 Å². The summed E-state index contributed by atoms with van der Waals surface area (Å²) in [5, 5.41) is 2.79. The first-order valence-electron chi connectivity index (χ1n) is 10.5. The van der Waals surface area contributed by atoms with Crippen LogP contribution < -0.4 is 14.8 Å². The van der Waals surface area contributed by atoms with Crippen molar-refractivity contribution in [1.29, 1.82) is 0 Å². The van der Waals surface area contributed by atoms with Gasteiger partial charge in [-0.1, -0.05) is 118 Å². The molecule has 0 aliphatic heterocycles. The summed E-state index contributed by atoms with van der Waals surface area (Å²) in [6.45, 7) is 15.2. The molecule has 4 heteroatoms. The Morgan fingerprint density at radius 2 is 0.862 bits per heavy atom. The molecule has 0 aliphatic carbocycles. The second-order valence-corrected chi connectivity index (χ2v) is 25.8. The Morgan fingerprint density at radius 3 is 1.21 bits per heavy atom. The third kappa shape index (κ3) is 4.65. The van der Waals surface area contributed by atoms with E-state index in [1.807, 2.05) is 0 Å². The van der Waals surface area contributed by atoms with E-state index in [0.29, 0.717) is 4.79 Å². The fourth-order valence-electron chi connectivity index (χ4n) is 5.24. The maximum atomic E-state index is 7.30. The average Bonchev–Trinajstić information content (AvgIpc) is 2.67. The molecule has 0 heterocycles. The van der Waals surface area contributed by atoms with E-state index in [9.17, 15) is 0 Å². The van der Waals surface area contributed by atoms with E-state index >= 15 is 0 Å². The van der Waals surface area contributed by atoms with Gasteiger partial charge in [0.05, 0.1) is 0 Å². The van der Waals surface area contributed by atoms with Gasteiger partial charge in [-0.15, -0.1) is 0 Å². The van der Waals surface area contributed by atoms with E-state index in [-0.39, 0.29) is 0 Å². The fraction of sp³-hybridized carbons (Fsp3) is 0.280. The maximum Gasteiger partial charge on any atom is 0.312 e. The highest BCUT2D eigenvalue weighted by molar-refractivity contribution is 7.19. The molecular weight excluding hydrogens is 401 g/mol. The first-order chi connectivity index (χ1) is 13.7. The van der Waals surface area contributed by atoms with E-state index in [2.05, 4.69) is 130 Å². The third-order valence-corrected chi connectivity index (χ3v) is 25.6. The molecule has 0 bridgehead atoms. The number of hydrogen-bond donors (Lipinski definition) is 0. The van der Waals surface area contributed by atoms with Gasteiger partial charge in [-0.2, -0.15) is 0 Å². The molecule has 0 spiro atoms. The molecule has 0 aliphatic rings. The fourth-order valence-corrected chi connectivity index (χ4v) is 31.0. The predicted octanol–water partition coefficient (Wildman–Crippen LogP) is 5.95. The van der Waals surface area contributed by atoms with Gasteiger partial charge in [-0.05, 0) is 27.3 Å². The molecule has 0 radical (unpaired) electrons. The van der Waals surface area contributed by atoms with Crippen LogP contribution in [0.5, 0.6) is 5.75 Å². The number of benzene rings is 3. The van der Waals surface area contributed by atoms with Crippen LogP contribution in [0.1, 0.15) is 0 Å². The van der Waals surface area contributed by atoms with Crippen LogP contribution in [0, 0.1) is 0 Å². The standard InChI is InChI=1S/C25H34OSi3/c1-27(2,3)25(28(4,5)6)29(23-18-12-8-13-19-23,24-20-14-9-15-21-24)26-22-16-10-7-11-17-22/h7-21,25H,1-6H3. The predicted molar refractivity (Wildman–Crippen MR) is 135 cm³/mol. The highest BCUT2D eigenvalue weighted by Gasteiger charge is 2.58. The molecule has 3 aromatic carbocycles. The van der Waals surface area contributed by atoms with Crippen molar-refractivity contribution in [3.8, 4) is 5.75 Å². The van der Waals surface area contributed by atoms with Crippen molar-refractivity contribution >= 4 is 34.8 Å². The van der Waals surface area contributed by atoms with Crippen molar-refractivity contribution in [3.63, 3.8) is 0 Å². The van der Waals surface area contributed by atoms with Crippen molar-refractivity contribution in [3.05, 3.63) is 91.0 Å². The molecule has 0 saturated heterocycles. The largest absolute Gasteiger partial charge is 0.535 e. The quantitative estimate of drug-likeness (QED) is 0.417. The van der Waals surface area contributed by atoms with Gasteiger partial charge in [0.2, 0.25) is 0 Å². The molecule has 0 amide bonds. The topological polar surface area (TPSA) is 9.23 Å². The van der Waals surface area contributed by atoms with Crippen molar-refractivity contribution in [2.45, 2.75) is 44.1 Å². The molecule has 0 saturated carbocycles. The molecular formula is C25H34OSi3. The van der Waals surface area contributed by atoms with Crippen LogP contribution >= 0.6 is 0 Å².